The number of aliphatic carboxylic acids is 2. The average molecular weight is 1760 g/mol. The van der Waals surface area contributed by atoms with Crippen LogP contribution in [0.25, 0.3) is 0 Å². The molecule has 2 aliphatic heterocycles. The van der Waals surface area contributed by atoms with Crippen molar-refractivity contribution in [1.29, 1.82) is 0 Å². The first-order chi connectivity index (χ1) is 58.0. The number of carboxylic acid groups (broad SMARTS) is 2. The van der Waals surface area contributed by atoms with E-state index in [-0.39, 0.29) is 102 Å². The molecule has 18 amide bonds. The molecule has 124 heavy (non-hydrogen) atoms. The number of likely N-dealkylation sites (tertiary alicyclic amines) is 2. The third kappa shape index (κ3) is 38.2. The second-order valence-corrected chi connectivity index (χ2v) is 34.0. The number of unbranched alkanes of at least 4 members (excludes halogenated alkanes) is 2. The number of nitrogens with one attached hydrogen (secondary N) is 14. The number of aliphatic hydroxyl groups excluding tert-OH is 1. The van der Waals surface area contributed by atoms with Gasteiger partial charge in [-0.2, -0.15) is 0 Å². The van der Waals surface area contributed by atoms with Gasteiger partial charge in [0.1, 0.15) is 90.6 Å². The maximum Gasteiger partial charge on any atom is 0.326 e. The standard InChI is InChI=1S/C81H140N20O23/c1-16-45(12)65(98-72(114)54(38-60(85)105)92-74(116)58-26-22-34-101(58)80(122)56(37-42(6)7)95-75(117)63(43(8)9)96-61(106)39-86-48(15)103)77(119)90-51(27-29-59(84)104)68(110)87-46(13)67(109)97-64(44(10)11)76(118)93-53(35-40(2)3)71(113)94-55(36-41(4)5)79(121)100-33-21-25-57(100)73(115)89-49(23-17-19-31-82)69(111)88-50(24-18-20-32-83)70(112)99-66(47(14)102)78(120)91-52(81(123)124)28-30-62(107)108/h40-47,49-58,63-66,102H,16-39,82-83H2,1-15H3,(H2,84,104)(H2,85,105)(H,86,103)(H,87,110)(H,88,111)(H,89,115)(H,90,119)(H,91,120)(H,92,116)(H,93,118)(H,94,113)(H,95,117)(H,96,106)(H,97,109)(H,98,114)(H,99,112)(H,107,108)(H,123,124). The smallest absolute Gasteiger partial charge is 0.326 e. The lowest BCUT2D eigenvalue weighted by molar-refractivity contribution is -0.144. The first-order valence-corrected chi connectivity index (χ1v) is 42.9. The van der Waals surface area contributed by atoms with Crippen molar-refractivity contribution in [2.75, 3.05) is 32.7 Å². The van der Waals surface area contributed by atoms with Crippen molar-refractivity contribution in [1.82, 2.24) is 84.2 Å². The molecule has 0 aromatic heterocycles. The van der Waals surface area contributed by atoms with E-state index in [0.29, 0.717) is 32.1 Å². The minimum atomic E-state index is -1.79. The van der Waals surface area contributed by atoms with E-state index < -0.39 is 271 Å². The lowest BCUT2D eigenvalue weighted by Gasteiger charge is -2.32. The summed E-state index contributed by atoms with van der Waals surface area (Å²) in [5.41, 5.74) is 22.7. The number of aliphatic hydroxyl groups is 1. The van der Waals surface area contributed by atoms with E-state index in [1.54, 1.807) is 83.1 Å². The molecule has 0 bridgehead atoms. The quantitative estimate of drug-likeness (QED) is 0.0256. The summed E-state index contributed by atoms with van der Waals surface area (Å²) >= 11 is 0. The Labute approximate surface area is 724 Å². The molecule has 0 aromatic rings. The van der Waals surface area contributed by atoms with E-state index in [0.717, 1.165) is 6.92 Å². The lowest BCUT2D eigenvalue weighted by Crippen LogP contribution is -2.62. The number of carbonyl (C=O) groups excluding carboxylic acids is 18. The molecule has 0 aromatic carbocycles. The molecule has 2 heterocycles. The Balaban J connectivity index is 2.41. The van der Waals surface area contributed by atoms with Crippen molar-refractivity contribution in [2.24, 2.45) is 58.4 Å². The van der Waals surface area contributed by atoms with Crippen LogP contribution in [0.3, 0.4) is 0 Å². The van der Waals surface area contributed by atoms with Crippen LogP contribution >= 0.6 is 0 Å². The fourth-order valence-electron chi connectivity index (χ4n) is 14.0. The Hall–Kier alpha value is -10.7. The average Bonchev–Trinajstić information content (AvgIpc) is 1.20. The number of carboxylic acids is 2. The highest BCUT2D eigenvalue weighted by Crippen LogP contribution is 2.25. The highest BCUT2D eigenvalue weighted by atomic mass is 16.4. The van der Waals surface area contributed by atoms with E-state index in [1.165, 1.54) is 23.6 Å². The van der Waals surface area contributed by atoms with Gasteiger partial charge in [0.2, 0.25) is 106 Å². The monoisotopic (exact) mass is 1760 g/mol. The minimum absolute atomic E-state index is 0.00320. The molecule has 2 fully saturated rings. The second-order valence-electron chi connectivity index (χ2n) is 34.0. The van der Waals surface area contributed by atoms with E-state index >= 15 is 0 Å². The Morgan fingerprint density at radius 1 is 0.395 bits per heavy atom. The summed E-state index contributed by atoms with van der Waals surface area (Å²) in [6.45, 7) is 24.1. The third-order valence-corrected chi connectivity index (χ3v) is 21.1. The zero-order chi connectivity index (χ0) is 94.3. The van der Waals surface area contributed by atoms with Crippen LogP contribution < -0.4 is 97.4 Å². The van der Waals surface area contributed by atoms with Gasteiger partial charge in [0.25, 0.3) is 0 Å². The summed E-state index contributed by atoms with van der Waals surface area (Å²) < 4.78 is 0. The summed E-state index contributed by atoms with van der Waals surface area (Å²) in [6.07, 6.45) is -2.19. The summed E-state index contributed by atoms with van der Waals surface area (Å²) in [5, 5.41) is 65.1. The molecule has 702 valence electrons. The Morgan fingerprint density at radius 2 is 0.766 bits per heavy atom. The number of amides is 18. The first-order valence-electron chi connectivity index (χ1n) is 42.9. The predicted molar refractivity (Wildman–Crippen MR) is 451 cm³/mol. The summed E-state index contributed by atoms with van der Waals surface area (Å²) in [4.78, 5) is 275. The zero-order valence-corrected chi connectivity index (χ0v) is 74.4. The number of nitrogens with zero attached hydrogens (tertiary/aromatic N) is 2. The van der Waals surface area contributed by atoms with Gasteiger partial charge in [-0.1, -0.05) is 89.5 Å². The molecule has 0 radical (unpaired) electrons. The fourth-order valence-corrected chi connectivity index (χ4v) is 14.0. The zero-order valence-electron chi connectivity index (χ0n) is 74.4. The van der Waals surface area contributed by atoms with Gasteiger partial charge in [-0.05, 0) is 159 Å². The topological polar surface area (TPSA) is 681 Å². The molecule has 43 heteroatoms. The van der Waals surface area contributed by atoms with E-state index in [9.17, 15) is 106 Å². The van der Waals surface area contributed by atoms with Gasteiger partial charge < -0.3 is 122 Å². The molecule has 17 unspecified atom stereocenters. The summed E-state index contributed by atoms with van der Waals surface area (Å²) in [6, 6.07) is -21.5. The van der Waals surface area contributed by atoms with Crippen molar-refractivity contribution in [3.63, 3.8) is 0 Å². The van der Waals surface area contributed by atoms with Crippen molar-refractivity contribution in [3.05, 3.63) is 0 Å². The van der Waals surface area contributed by atoms with Gasteiger partial charge in [0, 0.05) is 32.9 Å². The van der Waals surface area contributed by atoms with E-state index in [1.807, 2.05) is 0 Å². The molecule has 2 aliphatic rings. The largest absolute Gasteiger partial charge is 0.481 e. The Kier molecular flexibility index (Phi) is 48.3. The van der Waals surface area contributed by atoms with Crippen molar-refractivity contribution in [2.45, 2.75) is 323 Å². The summed E-state index contributed by atoms with van der Waals surface area (Å²) in [7, 11) is 0. The number of hydrogen-bond donors (Lipinski definition) is 21. The second kappa shape index (κ2) is 54.8. The van der Waals surface area contributed by atoms with Crippen LogP contribution in [0.2, 0.25) is 0 Å². The molecule has 0 saturated carbocycles. The number of carbonyl (C=O) groups is 20. The molecule has 0 aliphatic carbocycles. The molecule has 25 N–H and O–H groups in total. The highest BCUT2D eigenvalue weighted by Gasteiger charge is 2.45. The number of hydrogen-bond acceptors (Lipinski definition) is 23. The van der Waals surface area contributed by atoms with Crippen molar-refractivity contribution in [3.8, 4) is 0 Å². The third-order valence-electron chi connectivity index (χ3n) is 21.1. The molecule has 2 rings (SSSR count). The van der Waals surface area contributed by atoms with Crippen molar-refractivity contribution < 1.29 is 111 Å². The van der Waals surface area contributed by atoms with Crippen LogP contribution in [0.5, 0.6) is 0 Å². The van der Waals surface area contributed by atoms with Gasteiger partial charge in [-0.3, -0.25) is 91.1 Å². The van der Waals surface area contributed by atoms with E-state index in [4.69, 9.17) is 28.0 Å². The number of nitrogens with two attached hydrogens (primary N) is 4. The Bertz CT molecular complexity index is 3680. The molecule has 2 saturated heterocycles. The normalized spacial score (nSPS) is 17.5. The van der Waals surface area contributed by atoms with Gasteiger partial charge >= 0.3 is 11.9 Å². The molecular weight excluding hydrogens is 1620 g/mol. The van der Waals surface area contributed by atoms with Gasteiger partial charge in [0.15, 0.2) is 0 Å². The van der Waals surface area contributed by atoms with E-state index in [2.05, 4.69) is 74.4 Å². The highest BCUT2D eigenvalue weighted by molar-refractivity contribution is 6.02. The van der Waals surface area contributed by atoms with Crippen LogP contribution in [0.15, 0.2) is 0 Å². The van der Waals surface area contributed by atoms with Gasteiger partial charge in [-0.15, -0.1) is 0 Å². The van der Waals surface area contributed by atoms with Gasteiger partial charge in [-0.25, -0.2) is 4.79 Å². The Morgan fingerprint density at radius 3 is 1.21 bits per heavy atom. The molecular formula is C81H140N20O23. The van der Waals surface area contributed by atoms with Gasteiger partial charge in [0.05, 0.1) is 19.1 Å². The van der Waals surface area contributed by atoms with Crippen LogP contribution in [-0.2, 0) is 95.9 Å². The fraction of sp³-hybridized carbons (Fsp3) is 0.753. The lowest BCUT2D eigenvalue weighted by atomic mass is 9.96. The molecule has 17 atom stereocenters. The summed E-state index contributed by atoms with van der Waals surface area (Å²) in [5.74, 6) is -21.1. The number of primary amides is 2. The molecule has 0 spiro atoms. The maximum atomic E-state index is 14.9. The van der Waals surface area contributed by atoms with Crippen LogP contribution in [0.1, 0.15) is 226 Å². The maximum absolute atomic E-state index is 14.9. The van der Waals surface area contributed by atoms with Crippen LogP contribution in [-0.4, -0.2) is 273 Å². The number of rotatable bonds is 57. The van der Waals surface area contributed by atoms with Crippen molar-refractivity contribution >= 4 is 118 Å². The van der Waals surface area contributed by atoms with Crippen LogP contribution in [0.4, 0.5) is 0 Å². The van der Waals surface area contributed by atoms with Crippen LogP contribution in [0, 0.1) is 35.5 Å². The first kappa shape index (κ1) is 109. The predicted octanol–water partition coefficient (Wildman–Crippen LogP) is -4.35. The SMILES string of the molecule is CCC(C)C(NC(=O)C(CC(N)=O)NC(=O)C1CCCN1C(=O)C(CC(C)C)NC(=O)C(NC(=O)CNC(C)=O)C(C)C)C(=O)NC(CCC(N)=O)C(=O)NC(C)C(=O)NC(C(=O)NC(CC(C)C)C(=O)NC(CC(C)C)C(=O)N1CCCC1C(=O)NC(CCCCN)C(=O)NC(CCCCN)C(=O)NC(C(=O)NC(CCC(=O)O)C(=O)O)C(C)O)C(C)C. The molecule has 43 nitrogen and oxygen atoms in total. The minimum Gasteiger partial charge on any atom is -0.481 e.